The molecule has 0 saturated heterocycles. The lowest BCUT2D eigenvalue weighted by molar-refractivity contribution is -0.0499. The SMILES string of the molecule is CCc1nc(Cl)c2n1CCN(C(=O)OC(C)(C)C)C2CCc1cccc(OC(F)F)c1. The van der Waals surface area contributed by atoms with E-state index < -0.39 is 18.3 Å². The van der Waals surface area contributed by atoms with Crippen molar-refractivity contribution in [3.63, 3.8) is 0 Å². The van der Waals surface area contributed by atoms with Crippen molar-refractivity contribution < 1.29 is 23.0 Å². The summed E-state index contributed by atoms with van der Waals surface area (Å²) in [6.45, 7) is 5.67. The minimum absolute atomic E-state index is 0.108. The molecule has 9 heteroatoms. The van der Waals surface area contributed by atoms with Gasteiger partial charge in [0, 0.05) is 19.5 Å². The van der Waals surface area contributed by atoms with Gasteiger partial charge in [-0.15, -0.1) is 0 Å². The Morgan fingerprint density at radius 2 is 2.06 bits per heavy atom. The summed E-state index contributed by atoms with van der Waals surface area (Å²) in [5, 5.41) is 0.380. The van der Waals surface area contributed by atoms with Crippen LogP contribution in [0.5, 0.6) is 5.75 Å². The van der Waals surface area contributed by atoms with E-state index >= 15 is 0 Å². The van der Waals surface area contributed by atoms with Gasteiger partial charge in [-0.25, -0.2) is 9.78 Å². The highest BCUT2D eigenvalue weighted by Crippen LogP contribution is 2.36. The molecule has 0 bridgehead atoms. The number of carbonyl (C=O) groups is 1. The Morgan fingerprint density at radius 3 is 2.71 bits per heavy atom. The smallest absolute Gasteiger partial charge is 0.410 e. The summed E-state index contributed by atoms with van der Waals surface area (Å²) in [7, 11) is 0. The van der Waals surface area contributed by atoms with Gasteiger partial charge in [0.1, 0.15) is 17.2 Å². The number of fused-ring (bicyclic) bond motifs is 1. The highest BCUT2D eigenvalue weighted by atomic mass is 35.5. The van der Waals surface area contributed by atoms with Crippen LogP contribution in [0.2, 0.25) is 5.15 Å². The van der Waals surface area contributed by atoms with E-state index in [9.17, 15) is 13.6 Å². The number of aromatic nitrogens is 2. The van der Waals surface area contributed by atoms with Gasteiger partial charge in [0.05, 0.1) is 11.7 Å². The lowest BCUT2D eigenvalue weighted by Gasteiger charge is -2.38. The average Bonchev–Trinajstić information content (AvgIpc) is 3.00. The summed E-state index contributed by atoms with van der Waals surface area (Å²) >= 11 is 6.49. The zero-order valence-electron chi connectivity index (χ0n) is 18.2. The van der Waals surface area contributed by atoms with Crippen LogP contribution in [0.3, 0.4) is 0 Å². The molecule has 1 aromatic carbocycles. The zero-order chi connectivity index (χ0) is 22.8. The van der Waals surface area contributed by atoms with Gasteiger partial charge in [0.25, 0.3) is 0 Å². The Hall–Kier alpha value is -2.35. The molecular formula is C22H28ClF2N3O3. The third kappa shape index (κ3) is 5.67. The monoisotopic (exact) mass is 455 g/mol. The van der Waals surface area contributed by atoms with Crippen molar-refractivity contribution >= 4 is 17.7 Å². The molecule has 0 N–H and O–H groups in total. The fourth-order valence-corrected chi connectivity index (χ4v) is 4.17. The maximum Gasteiger partial charge on any atom is 0.410 e. The van der Waals surface area contributed by atoms with Crippen LogP contribution in [0.15, 0.2) is 24.3 Å². The largest absolute Gasteiger partial charge is 0.444 e. The predicted octanol–water partition coefficient (Wildman–Crippen LogP) is 5.62. The number of nitrogens with zero attached hydrogens (tertiary/aromatic N) is 3. The van der Waals surface area contributed by atoms with Gasteiger partial charge < -0.3 is 14.0 Å². The fraction of sp³-hybridized carbons (Fsp3) is 0.545. The van der Waals surface area contributed by atoms with Crippen molar-refractivity contribution in [2.24, 2.45) is 0 Å². The highest BCUT2D eigenvalue weighted by Gasteiger charge is 2.36. The van der Waals surface area contributed by atoms with Crippen molar-refractivity contribution in [3.05, 3.63) is 46.5 Å². The molecule has 2 heterocycles. The van der Waals surface area contributed by atoms with E-state index in [1.165, 1.54) is 6.07 Å². The van der Waals surface area contributed by atoms with Crippen LogP contribution in [0.25, 0.3) is 0 Å². The molecule has 1 amide bonds. The Morgan fingerprint density at radius 1 is 1.32 bits per heavy atom. The topological polar surface area (TPSA) is 56.6 Å². The van der Waals surface area contributed by atoms with E-state index in [4.69, 9.17) is 16.3 Å². The minimum Gasteiger partial charge on any atom is -0.444 e. The maximum absolute atomic E-state index is 12.9. The second kappa shape index (κ2) is 9.42. The van der Waals surface area contributed by atoms with Crippen LogP contribution in [0, 0.1) is 0 Å². The van der Waals surface area contributed by atoms with Crippen molar-refractivity contribution in [3.8, 4) is 5.75 Å². The lowest BCUT2D eigenvalue weighted by atomic mass is 10.00. The first-order valence-corrected chi connectivity index (χ1v) is 10.7. The van der Waals surface area contributed by atoms with Crippen LogP contribution >= 0.6 is 11.6 Å². The number of imidazole rings is 1. The van der Waals surface area contributed by atoms with E-state index in [2.05, 4.69) is 14.3 Å². The summed E-state index contributed by atoms with van der Waals surface area (Å²) in [5.74, 6) is 0.984. The van der Waals surface area contributed by atoms with Crippen LogP contribution in [-0.2, 0) is 24.1 Å². The first-order valence-electron chi connectivity index (χ1n) is 10.4. The molecule has 0 spiro atoms. The Bertz CT molecular complexity index is 927. The highest BCUT2D eigenvalue weighted by molar-refractivity contribution is 6.30. The first kappa shape index (κ1) is 23.3. The molecule has 0 radical (unpaired) electrons. The number of alkyl halides is 2. The molecule has 1 atom stereocenters. The first-order chi connectivity index (χ1) is 14.6. The van der Waals surface area contributed by atoms with Crippen LogP contribution in [0.4, 0.5) is 13.6 Å². The quantitative estimate of drug-likeness (QED) is 0.566. The van der Waals surface area contributed by atoms with Crippen molar-refractivity contribution in [2.45, 2.75) is 71.8 Å². The van der Waals surface area contributed by atoms with E-state index in [0.717, 1.165) is 23.5 Å². The van der Waals surface area contributed by atoms with E-state index in [1.807, 2.05) is 33.8 Å². The average molecular weight is 456 g/mol. The number of amides is 1. The van der Waals surface area contributed by atoms with Crippen molar-refractivity contribution in [1.82, 2.24) is 14.5 Å². The van der Waals surface area contributed by atoms with Gasteiger partial charge in [0.2, 0.25) is 0 Å². The maximum atomic E-state index is 12.9. The number of aryl methyl sites for hydroxylation is 2. The molecule has 1 aromatic heterocycles. The summed E-state index contributed by atoms with van der Waals surface area (Å²) in [6.07, 6.45) is 1.39. The normalized spacial score (nSPS) is 16.4. The molecule has 170 valence electrons. The second-order valence-corrected chi connectivity index (χ2v) is 8.82. The van der Waals surface area contributed by atoms with E-state index in [-0.39, 0.29) is 11.8 Å². The number of hydrogen-bond acceptors (Lipinski definition) is 4. The molecule has 1 aliphatic heterocycles. The number of benzene rings is 1. The Kier molecular flexibility index (Phi) is 7.09. The number of hydrogen-bond donors (Lipinski definition) is 0. The zero-order valence-corrected chi connectivity index (χ0v) is 19.0. The molecule has 6 nitrogen and oxygen atoms in total. The Labute approximate surface area is 186 Å². The fourth-order valence-electron chi connectivity index (χ4n) is 3.84. The molecule has 3 rings (SSSR count). The predicted molar refractivity (Wildman–Crippen MR) is 114 cm³/mol. The molecule has 0 fully saturated rings. The second-order valence-electron chi connectivity index (χ2n) is 8.46. The summed E-state index contributed by atoms with van der Waals surface area (Å²) in [6, 6.07) is 6.25. The molecule has 31 heavy (non-hydrogen) atoms. The van der Waals surface area contributed by atoms with Gasteiger partial charge in [0.15, 0.2) is 5.15 Å². The van der Waals surface area contributed by atoms with Crippen LogP contribution < -0.4 is 4.74 Å². The van der Waals surface area contributed by atoms with Crippen molar-refractivity contribution in [1.29, 1.82) is 0 Å². The number of halogens is 3. The molecule has 1 unspecified atom stereocenters. The molecular weight excluding hydrogens is 428 g/mol. The summed E-state index contributed by atoms with van der Waals surface area (Å²) < 4.78 is 37.3. The van der Waals surface area contributed by atoms with Gasteiger partial charge in [-0.3, -0.25) is 4.90 Å². The van der Waals surface area contributed by atoms with Gasteiger partial charge in [-0.05, 0) is 51.3 Å². The Balaban J connectivity index is 1.87. The van der Waals surface area contributed by atoms with Crippen molar-refractivity contribution in [2.75, 3.05) is 6.54 Å². The molecule has 0 saturated carbocycles. The minimum atomic E-state index is -2.88. The molecule has 0 aliphatic carbocycles. The standard InChI is InChI=1S/C22H28ClF2N3O3/c1-5-17-26-19(23)18-16(10-9-14-7-6-8-15(13-14)30-20(24)25)27(11-12-28(17)18)21(29)31-22(2,3)4/h6-8,13,16,20H,5,9-12H2,1-4H3. The van der Waals surface area contributed by atoms with Crippen LogP contribution in [-0.4, -0.2) is 39.3 Å². The van der Waals surface area contributed by atoms with E-state index in [1.54, 1.807) is 17.0 Å². The number of ether oxygens (including phenoxy) is 2. The van der Waals surface area contributed by atoms with Gasteiger partial charge in [-0.1, -0.05) is 30.7 Å². The summed E-state index contributed by atoms with van der Waals surface area (Å²) in [5.41, 5.74) is 0.986. The molecule has 1 aliphatic rings. The number of carbonyl (C=O) groups excluding carboxylic acids is 1. The third-order valence-corrected chi connectivity index (χ3v) is 5.35. The molecule has 2 aromatic rings. The summed E-state index contributed by atoms with van der Waals surface area (Å²) in [4.78, 5) is 19.1. The lowest BCUT2D eigenvalue weighted by Crippen LogP contribution is -2.45. The van der Waals surface area contributed by atoms with Gasteiger partial charge >= 0.3 is 12.7 Å². The number of rotatable bonds is 6. The third-order valence-electron chi connectivity index (χ3n) is 5.07. The van der Waals surface area contributed by atoms with E-state index in [0.29, 0.717) is 31.1 Å². The van der Waals surface area contributed by atoms with Gasteiger partial charge in [-0.2, -0.15) is 8.78 Å². The van der Waals surface area contributed by atoms with Crippen LogP contribution in [0.1, 0.15) is 57.2 Å².